The first-order chi connectivity index (χ1) is 10.8. The Morgan fingerprint density at radius 2 is 0.500 bits per heavy atom. The van der Waals surface area contributed by atoms with Crippen molar-refractivity contribution in [3.05, 3.63) is 0 Å². The first-order valence-corrected chi connectivity index (χ1v) is 10.8. The van der Waals surface area contributed by atoms with Crippen molar-refractivity contribution in [3.63, 3.8) is 0 Å². The molecule has 0 nitrogen and oxygen atoms in total. The van der Waals surface area contributed by atoms with Crippen molar-refractivity contribution in [1.29, 1.82) is 0 Å². The zero-order valence-corrected chi connectivity index (χ0v) is 19.4. The maximum atomic E-state index is 2.53. The second kappa shape index (κ2) is 11.4. The zero-order chi connectivity index (χ0) is 19.4. The van der Waals surface area contributed by atoms with Gasteiger partial charge in [-0.05, 0) is 0 Å². The number of hydrogen-bond acceptors (Lipinski definition) is 0. The molecule has 0 saturated carbocycles. The molecule has 0 radical (unpaired) electrons. The first-order valence-electron chi connectivity index (χ1n) is 10.8. The van der Waals surface area contributed by atoms with Gasteiger partial charge in [-0.3, -0.25) is 0 Å². The third-order valence-electron chi connectivity index (χ3n) is 6.84. The molecule has 0 amide bonds. The molecule has 24 heavy (non-hydrogen) atoms. The molecule has 0 N–H and O–H groups in total. The molecular weight excluding hydrogens is 259 g/mol. The smallest absolute Gasteiger partial charge is 0.000305 e. The highest BCUT2D eigenvalue weighted by molar-refractivity contribution is 8.23. The molecule has 0 fully saturated rings. The van der Waals surface area contributed by atoms with E-state index in [1.54, 1.807) is 0 Å². The number of hydrogen-bond donors (Lipinski definition) is 0. The van der Waals surface area contributed by atoms with E-state index in [9.17, 15) is 0 Å². The van der Waals surface area contributed by atoms with E-state index in [0.29, 0.717) is 0 Å². The monoisotopic (exact) mass is 290 g/mol. The quantitative estimate of drug-likeness (QED) is 0.350. The van der Waals surface area contributed by atoms with Crippen LogP contribution in [-0.2, 0) is 0 Å². The molecule has 0 aliphatic heterocycles. The second-order valence-electron chi connectivity index (χ2n) is 10.6. The second-order valence-corrected chi connectivity index (χ2v) is 10.6. The molecule has 0 aromatic carbocycles. The molecule has 0 aliphatic rings. The van der Waals surface area contributed by atoms with Crippen molar-refractivity contribution in [3.8, 4) is 0 Å². The number of rotatable bonds is 10. The van der Waals surface area contributed by atoms with Crippen LogP contribution < -0.4 is 0 Å². The molecule has 0 unspecified atom stereocenters. The van der Waals surface area contributed by atoms with Gasteiger partial charge >= 0.3 is 0 Å². The van der Waals surface area contributed by atoms with Crippen molar-refractivity contribution in [2.75, 3.05) is 0 Å². The van der Waals surface area contributed by atoms with Crippen LogP contribution in [0, 0.1) is 0 Å². The highest BCUT2D eigenvalue weighted by atomic mass is 13.3. The summed E-state index contributed by atoms with van der Waals surface area (Å²) in [6.07, 6.45) is 8.61. The Labute approximate surface area is 170 Å². The van der Waals surface area contributed by atoms with Crippen LogP contribution in [0.15, 0.2) is 0 Å². The third kappa shape index (κ3) is 6.94. The van der Waals surface area contributed by atoms with Gasteiger partial charge in [0.05, 0.1) is 101 Å². The molecule has 0 aromatic heterocycles. The minimum absolute atomic E-state index is 0.757. The van der Waals surface area contributed by atoms with Gasteiger partial charge < -0.3 is 0 Å². The zero-order valence-electron chi connectivity index (χ0n) is 19.4. The summed E-state index contributed by atoms with van der Waals surface area (Å²) in [5.74, 6) is 0. The minimum atomic E-state index is 0.757. The van der Waals surface area contributed by atoms with Crippen LogP contribution in [0.4, 0.5) is 0 Å². The van der Waals surface area contributed by atoms with E-state index in [2.05, 4.69) is 101 Å². The fraction of sp³-hybridized carbons (Fsp3) is 0. The van der Waals surface area contributed by atoms with Crippen LogP contribution >= 0.6 is 0 Å². The highest BCUT2D eigenvalue weighted by Crippen LogP contribution is 2.09. The highest BCUT2D eigenvalue weighted by Gasteiger charge is 2.49. The largest absolute Gasteiger partial charge is 0.0552 e. The first kappa shape index (κ1) is 25.6. The summed E-state index contributed by atoms with van der Waals surface area (Å²) in [6, 6.07) is 0. The summed E-state index contributed by atoms with van der Waals surface area (Å²) in [5, 5.41) is 0. The van der Waals surface area contributed by atoms with Crippen LogP contribution in [0.2, 0.25) is 0 Å². The lowest BCUT2D eigenvalue weighted by molar-refractivity contribution is 3.29. The fourth-order valence-corrected chi connectivity index (χ4v) is 5.93. The molecule has 0 atom stereocenters. The summed E-state index contributed by atoms with van der Waals surface area (Å²) < 4.78 is 0. The van der Waals surface area contributed by atoms with Crippen molar-refractivity contribution < 1.29 is 0 Å². The molecular formula is H26B24. The van der Waals surface area contributed by atoms with Gasteiger partial charge in [0.25, 0.3) is 0 Å². The van der Waals surface area contributed by atoms with Crippen LogP contribution in [-0.4, -0.2) is 171 Å². The molecule has 0 aromatic rings. The van der Waals surface area contributed by atoms with Crippen LogP contribution in [0.25, 0.3) is 0 Å². The van der Waals surface area contributed by atoms with E-state index in [1.807, 2.05) is 0 Å². The van der Waals surface area contributed by atoms with Gasteiger partial charge in [-0.1, -0.05) is 0 Å². The Morgan fingerprint density at radius 1 is 0.250 bits per heavy atom. The van der Waals surface area contributed by atoms with Gasteiger partial charge in [0, 0.05) is 70.2 Å². The summed E-state index contributed by atoms with van der Waals surface area (Å²) in [4.78, 5) is 0. The van der Waals surface area contributed by atoms with Crippen molar-refractivity contribution in [1.82, 2.24) is 0 Å². The Bertz CT molecular complexity index is 285. The van der Waals surface area contributed by atoms with Gasteiger partial charge in [0.2, 0.25) is 0 Å². The Balaban J connectivity index is 6.24. The predicted molar refractivity (Wildman–Crippen MR) is 174 cm³/mol. The Hall–Kier alpha value is 1.56. The molecule has 24 heteroatoms. The molecule has 0 rings (SSSR count). The van der Waals surface area contributed by atoms with Gasteiger partial charge in [-0.25, -0.2) is 0 Å². The average molecular weight is 286 g/mol. The maximum Gasteiger partial charge on any atom is 0.0552 e. The van der Waals surface area contributed by atoms with Crippen LogP contribution in [0.1, 0.15) is 0 Å². The molecule has 0 aliphatic carbocycles. The van der Waals surface area contributed by atoms with Gasteiger partial charge in [0.1, 0.15) is 0 Å². The maximum absolute atomic E-state index is 2.53. The van der Waals surface area contributed by atoms with Crippen LogP contribution in [0.3, 0.4) is 0 Å². The molecule has 0 saturated heterocycles. The lowest BCUT2D eigenvalue weighted by Crippen LogP contribution is -2.84. The van der Waals surface area contributed by atoms with Crippen molar-refractivity contribution in [2.24, 2.45) is 0 Å². The lowest BCUT2D eigenvalue weighted by Gasteiger charge is -2.45. The van der Waals surface area contributed by atoms with Crippen molar-refractivity contribution in [2.45, 2.75) is 0 Å². The topological polar surface area (TPSA) is 0 Å². The average Bonchev–Trinajstić information content (AvgIpc) is 2.35. The molecule has 0 spiro atoms. The minimum Gasteiger partial charge on any atom is 0.000305 e. The Kier molecular flexibility index (Phi) is 12.2. The van der Waals surface area contributed by atoms with E-state index in [0.717, 1.165) is 70.2 Å². The van der Waals surface area contributed by atoms with E-state index < -0.39 is 0 Å². The van der Waals surface area contributed by atoms with Crippen molar-refractivity contribution >= 4 is 171 Å². The summed E-state index contributed by atoms with van der Waals surface area (Å²) in [7, 11) is 32.1. The standard InChI is InChI=1S/B24H26/c1-14(2)20(13)23(19(11)12)24(21(15(3)4)16(5)6)22(17(7)8)18(9)10/h1-13H2. The summed E-state index contributed by atoms with van der Waals surface area (Å²) in [5.41, 5.74) is 0. The van der Waals surface area contributed by atoms with E-state index in [-0.39, 0.29) is 0 Å². The van der Waals surface area contributed by atoms with E-state index in [4.69, 9.17) is 0 Å². The van der Waals surface area contributed by atoms with Gasteiger partial charge in [-0.2, -0.15) is 0 Å². The third-order valence-corrected chi connectivity index (χ3v) is 6.84. The normalized spacial score (nSPS) is 9.33. The molecule has 0 heterocycles. The van der Waals surface area contributed by atoms with Gasteiger partial charge in [0.15, 0.2) is 0 Å². The van der Waals surface area contributed by atoms with E-state index in [1.165, 1.54) is 0 Å². The molecule has 0 bridgehead atoms. The summed E-state index contributed by atoms with van der Waals surface area (Å²) in [6.45, 7) is 0. The van der Waals surface area contributed by atoms with E-state index >= 15 is 0 Å². The lowest BCUT2D eigenvalue weighted by atomic mass is 8.35. The van der Waals surface area contributed by atoms with Crippen LogP contribution in [0.5, 0.6) is 0 Å². The van der Waals surface area contributed by atoms with Gasteiger partial charge in [-0.15, -0.1) is 0 Å². The SMILES string of the molecule is BB(B)B(B)B(B(B)B)B(B(B(B)B)B(B)B)B(B(B)B)B(B)B. The molecule has 98 valence electrons. The Morgan fingerprint density at radius 3 is 0.667 bits per heavy atom. The predicted octanol–water partition coefficient (Wildman–Crippen LogP) is -16.1. The fourth-order valence-electron chi connectivity index (χ4n) is 5.93. The summed E-state index contributed by atoms with van der Waals surface area (Å²) >= 11 is 0.